The number of aromatic nitrogens is 2. The summed E-state index contributed by atoms with van der Waals surface area (Å²) in [6.07, 6.45) is 8.12. The number of nitrogens with one attached hydrogen (secondary N) is 1. The maximum absolute atomic E-state index is 9.08. The highest BCUT2D eigenvalue weighted by molar-refractivity contribution is 5.46. The molecule has 5 heteroatoms. The van der Waals surface area contributed by atoms with Crippen LogP contribution in [0.3, 0.4) is 0 Å². The Bertz CT molecular complexity index is 1250. The minimum atomic E-state index is 0.331. The van der Waals surface area contributed by atoms with Crippen molar-refractivity contribution in [2.45, 2.75) is 44.3 Å². The third-order valence-electron chi connectivity index (χ3n) is 7.10. The highest BCUT2D eigenvalue weighted by Crippen LogP contribution is 2.21. The number of rotatable bonds is 9. The van der Waals surface area contributed by atoms with Crippen molar-refractivity contribution >= 4 is 5.69 Å². The number of benzene rings is 3. The van der Waals surface area contributed by atoms with Gasteiger partial charge in [-0.05, 0) is 54.7 Å². The van der Waals surface area contributed by atoms with Crippen LogP contribution in [0.1, 0.15) is 35.2 Å². The molecule has 4 aromatic rings. The van der Waals surface area contributed by atoms with Crippen molar-refractivity contribution < 1.29 is 0 Å². The van der Waals surface area contributed by atoms with Crippen LogP contribution in [0.5, 0.6) is 0 Å². The number of anilines is 1. The Morgan fingerprint density at radius 3 is 2.25 bits per heavy atom. The molecule has 0 spiro atoms. The zero-order chi connectivity index (χ0) is 24.6. The average molecular weight is 476 g/mol. The van der Waals surface area contributed by atoms with E-state index in [0.29, 0.717) is 17.6 Å². The van der Waals surface area contributed by atoms with Gasteiger partial charge in [0.15, 0.2) is 0 Å². The summed E-state index contributed by atoms with van der Waals surface area (Å²) in [5.41, 5.74) is 5.78. The molecule has 2 heterocycles. The van der Waals surface area contributed by atoms with E-state index in [0.717, 1.165) is 45.3 Å². The van der Waals surface area contributed by atoms with Crippen LogP contribution in [0.15, 0.2) is 97.5 Å². The molecule has 0 radical (unpaired) electrons. The highest BCUT2D eigenvalue weighted by atomic mass is 15.1. The lowest BCUT2D eigenvalue weighted by molar-refractivity contribution is 0.358. The van der Waals surface area contributed by atoms with Gasteiger partial charge in [-0.1, -0.05) is 60.7 Å². The monoisotopic (exact) mass is 475 g/mol. The van der Waals surface area contributed by atoms with Gasteiger partial charge in [0, 0.05) is 55.7 Å². The molecule has 1 N–H and O–H groups in total. The summed E-state index contributed by atoms with van der Waals surface area (Å²) in [5.74, 6) is 0. The Balaban J connectivity index is 1.26. The third kappa shape index (κ3) is 6.21. The summed E-state index contributed by atoms with van der Waals surface area (Å²) >= 11 is 0. The zero-order valence-electron chi connectivity index (χ0n) is 20.6. The van der Waals surface area contributed by atoms with Gasteiger partial charge in [-0.15, -0.1) is 0 Å². The van der Waals surface area contributed by atoms with E-state index in [4.69, 9.17) is 5.26 Å². The topological polar surface area (TPSA) is 56.9 Å². The predicted molar refractivity (Wildman–Crippen MR) is 145 cm³/mol. The minimum absolute atomic E-state index is 0.331. The molecule has 0 aliphatic carbocycles. The van der Waals surface area contributed by atoms with Crippen molar-refractivity contribution in [1.82, 2.24) is 14.9 Å². The second-order valence-electron chi connectivity index (χ2n) is 9.68. The molecular weight excluding hydrogens is 442 g/mol. The summed E-state index contributed by atoms with van der Waals surface area (Å²) < 4.78 is 2.24. The quantitative estimate of drug-likeness (QED) is 0.361. The van der Waals surface area contributed by atoms with Gasteiger partial charge in [0.2, 0.25) is 0 Å². The number of para-hydroxylation sites is 1. The molecule has 0 saturated carbocycles. The van der Waals surface area contributed by atoms with Crippen molar-refractivity contribution in [3.63, 3.8) is 0 Å². The van der Waals surface area contributed by atoms with Crippen molar-refractivity contribution in [3.8, 4) is 6.07 Å². The predicted octanol–water partition coefficient (Wildman–Crippen LogP) is 5.22. The van der Waals surface area contributed by atoms with Crippen LogP contribution in [-0.4, -0.2) is 34.7 Å². The van der Waals surface area contributed by atoms with Crippen LogP contribution in [-0.2, 0) is 19.4 Å². The van der Waals surface area contributed by atoms with Gasteiger partial charge in [0.1, 0.15) is 0 Å². The summed E-state index contributed by atoms with van der Waals surface area (Å²) in [6, 6.07) is 32.4. The maximum Gasteiger partial charge on any atom is 0.0991 e. The number of hydrogen-bond acceptors (Lipinski definition) is 4. The number of nitriles is 1. The molecule has 1 unspecified atom stereocenters. The Labute approximate surface area is 214 Å². The number of hydrogen-bond donors (Lipinski definition) is 1. The third-order valence-corrected chi connectivity index (χ3v) is 7.10. The first-order chi connectivity index (χ1) is 17.8. The average Bonchev–Trinajstić information content (AvgIpc) is 3.36. The van der Waals surface area contributed by atoms with Crippen LogP contribution in [0, 0.1) is 11.3 Å². The van der Waals surface area contributed by atoms with Crippen molar-refractivity contribution in [1.29, 1.82) is 5.26 Å². The van der Waals surface area contributed by atoms with E-state index in [1.54, 1.807) is 0 Å². The minimum Gasteiger partial charge on any atom is -0.371 e. The van der Waals surface area contributed by atoms with Crippen LogP contribution in [0.25, 0.3) is 0 Å². The molecule has 36 heavy (non-hydrogen) atoms. The van der Waals surface area contributed by atoms with Crippen molar-refractivity contribution in [3.05, 3.63) is 120 Å². The van der Waals surface area contributed by atoms with Gasteiger partial charge in [-0.25, -0.2) is 4.98 Å². The van der Waals surface area contributed by atoms with E-state index < -0.39 is 0 Å². The molecule has 5 nitrogen and oxygen atoms in total. The molecule has 3 aromatic carbocycles. The maximum atomic E-state index is 9.08. The lowest BCUT2D eigenvalue weighted by atomic mass is 9.97. The largest absolute Gasteiger partial charge is 0.371 e. The molecule has 0 amide bonds. The summed E-state index contributed by atoms with van der Waals surface area (Å²) in [5, 5.41) is 13.1. The Morgan fingerprint density at radius 1 is 0.861 bits per heavy atom. The van der Waals surface area contributed by atoms with E-state index >= 15 is 0 Å². The molecule has 1 aromatic heterocycles. The van der Waals surface area contributed by atoms with E-state index in [2.05, 4.69) is 86.5 Å². The molecule has 182 valence electrons. The van der Waals surface area contributed by atoms with Gasteiger partial charge in [-0.3, -0.25) is 0 Å². The van der Waals surface area contributed by atoms with Crippen LogP contribution in [0.4, 0.5) is 5.69 Å². The molecule has 1 fully saturated rings. The fourth-order valence-electron chi connectivity index (χ4n) is 5.16. The molecule has 1 atom stereocenters. The van der Waals surface area contributed by atoms with E-state index in [-0.39, 0.29) is 0 Å². The molecular formula is C31H33N5. The van der Waals surface area contributed by atoms with Gasteiger partial charge in [0.25, 0.3) is 0 Å². The zero-order valence-corrected chi connectivity index (χ0v) is 20.6. The number of imidazole rings is 1. The van der Waals surface area contributed by atoms with E-state index in [9.17, 15) is 0 Å². The summed E-state index contributed by atoms with van der Waals surface area (Å²) in [6.45, 7) is 2.92. The lowest BCUT2D eigenvalue weighted by Crippen LogP contribution is -2.47. The highest BCUT2D eigenvalue weighted by Gasteiger charge is 2.23. The summed E-state index contributed by atoms with van der Waals surface area (Å²) in [4.78, 5) is 6.98. The molecule has 1 aliphatic heterocycles. The Hall–Kier alpha value is -3.88. The second-order valence-corrected chi connectivity index (χ2v) is 9.68. The molecule has 1 aliphatic rings. The van der Waals surface area contributed by atoms with Crippen LogP contribution in [0.2, 0.25) is 0 Å². The van der Waals surface area contributed by atoms with Gasteiger partial charge in [0.05, 0.1) is 18.0 Å². The standard InChI is InChI=1S/C31H33N5/c32-21-26-11-13-27(14-12-26)23-36-24-33-22-31(36)20-29(19-25-7-3-1-4-8-25)34-28-15-17-35(18-16-28)30-9-5-2-6-10-30/h1-14,22,24,28-29,34H,15-20,23H2. The van der Waals surface area contributed by atoms with Crippen LogP contribution >= 0.6 is 0 Å². The SMILES string of the molecule is N#Cc1ccc(Cn2cncc2CC(Cc2ccccc2)NC2CCN(c3ccccc3)CC2)cc1. The first kappa shape index (κ1) is 23.8. The lowest BCUT2D eigenvalue weighted by Gasteiger charge is -2.36. The van der Waals surface area contributed by atoms with Crippen molar-refractivity contribution in [2.24, 2.45) is 0 Å². The second kappa shape index (κ2) is 11.7. The molecule has 5 rings (SSSR count). The normalized spacial score (nSPS) is 14.9. The first-order valence-corrected chi connectivity index (χ1v) is 12.8. The fourth-order valence-corrected chi connectivity index (χ4v) is 5.16. The fraction of sp³-hybridized carbons (Fsp3) is 0.290. The molecule has 1 saturated heterocycles. The van der Waals surface area contributed by atoms with Gasteiger partial charge in [-0.2, -0.15) is 5.26 Å². The van der Waals surface area contributed by atoms with Gasteiger partial charge >= 0.3 is 0 Å². The Kier molecular flexibility index (Phi) is 7.75. The van der Waals surface area contributed by atoms with E-state index in [1.165, 1.54) is 22.5 Å². The number of piperidine rings is 1. The number of nitrogens with zero attached hydrogens (tertiary/aromatic N) is 4. The van der Waals surface area contributed by atoms with Crippen molar-refractivity contribution in [2.75, 3.05) is 18.0 Å². The van der Waals surface area contributed by atoms with E-state index in [1.807, 2.05) is 36.8 Å². The summed E-state index contributed by atoms with van der Waals surface area (Å²) in [7, 11) is 0. The first-order valence-electron chi connectivity index (χ1n) is 12.8. The smallest absolute Gasteiger partial charge is 0.0991 e. The molecule has 0 bridgehead atoms. The van der Waals surface area contributed by atoms with Crippen LogP contribution < -0.4 is 10.2 Å². The Morgan fingerprint density at radius 2 is 1.56 bits per heavy atom. The van der Waals surface area contributed by atoms with Gasteiger partial charge < -0.3 is 14.8 Å².